The minimum Gasteiger partial charge on any atom is -0.454 e. The molecule has 3 aliphatic heterocycles. The van der Waals surface area contributed by atoms with Crippen molar-refractivity contribution in [2.24, 2.45) is 5.41 Å². The summed E-state index contributed by atoms with van der Waals surface area (Å²) in [5, 5.41) is 1.92. The van der Waals surface area contributed by atoms with Gasteiger partial charge in [-0.3, -0.25) is 9.63 Å². The Bertz CT molecular complexity index is 659. The zero-order valence-corrected chi connectivity index (χ0v) is 15.5. The van der Waals surface area contributed by atoms with Gasteiger partial charge in [0.25, 0.3) is 0 Å². The van der Waals surface area contributed by atoms with Crippen LogP contribution in [0, 0.1) is 5.41 Å². The average Bonchev–Trinajstić information content (AvgIpc) is 3.30. The Kier molecular flexibility index (Phi) is 5.05. The molecule has 6 heteroatoms. The number of fused-ring (bicyclic) bond motifs is 1. The fourth-order valence-corrected chi connectivity index (χ4v) is 4.27. The summed E-state index contributed by atoms with van der Waals surface area (Å²) in [5.74, 6) is 1.90. The molecule has 1 unspecified atom stereocenters. The second-order valence-corrected chi connectivity index (χ2v) is 7.96. The molecule has 2 saturated heterocycles. The standard InChI is InChI=1S/C20H28N2O4/c1-20(13-16-4-5-17-18(12-16)25-15-24-17)7-2-8-21(14-20)19(23)6-10-22-9-3-11-26-22/h4-5,12H,2-3,6-11,13-15H2,1H3. The van der Waals surface area contributed by atoms with Gasteiger partial charge in [-0.1, -0.05) is 13.0 Å². The first-order valence-corrected chi connectivity index (χ1v) is 9.66. The van der Waals surface area contributed by atoms with Crippen molar-refractivity contribution >= 4 is 5.91 Å². The van der Waals surface area contributed by atoms with Gasteiger partial charge in [0, 0.05) is 32.6 Å². The van der Waals surface area contributed by atoms with E-state index in [4.69, 9.17) is 14.3 Å². The van der Waals surface area contributed by atoms with Crippen molar-refractivity contribution in [3.8, 4) is 11.5 Å². The van der Waals surface area contributed by atoms with Crippen LogP contribution < -0.4 is 9.47 Å². The molecule has 0 N–H and O–H groups in total. The molecule has 1 aromatic carbocycles. The lowest BCUT2D eigenvalue weighted by Gasteiger charge is -2.41. The van der Waals surface area contributed by atoms with Crippen molar-refractivity contribution in [2.45, 2.75) is 39.0 Å². The zero-order chi connectivity index (χ0) is 18.0. The third-order valence-corrected chi connectivity index (χ3v) is 5.60. The van der Waals surface area contributed by atoms with Crippen LogP contribution >= 0.6 is 0 Å². The van der Waals surface area contributed by atoms with E-state index in [-0.39, 0.29) is 11.3 Å². The molecule has 6 nitrogen and oxygen atoms in total. The number of rotatable bonds is 5. The van der Waals surface area contributed by atoms with Gasteiger partial charge in [0.05, 0.1) is 6.61 Å². The number of amides is 1. The molecule has 0 bridgehead atoms. The number of carbonyl (C=O) groups excluding carboxylic acids is 1. The van der Waals surface area contributed by atoms with Crippen molar-refractivity contribution in [2.75, 3.05) is 39.6 Å². The van der Waals surface area contributed by atoms with Crippen LogP contribution in [0.3, 0.4) is 0 Å². The Morgan fingerprint density at radius 2 is 2.08 bits per heavy atom. The number of piperidine rings is 1. The second kappa shape index (κ2) is 7.45. The minimum atomic E-state index is 0.103. The Morgan fingerprint density at radius 1 is 1.19 bits per heavy atom. The van der Waals surface area contributed by atoms with E-state index in [2.05, 4.69) is 19.1 Å². The molecular formula is C20H28N2O4. The van der Waals surface area contributed by atoms with Gasteiger partial charge in [-0.2, -0.15) is 5.06 Å². The lowest BCUT2D eigenvalue weighted by atomic mass is 9.77. The molecule has 1 aromatic rings. The maximum atomic E-state index is 12.7. The molecule has 3 heterocycles. The van der Waals surface area contributed by atoms with Gasteiger partial charge in [0.1, 0.15) is 0 Å². The molecule has 1 atom stereocenters. The number of benzene rings is 1. The number of hydrogen-bond acceptors (Lipinski definition) is 5. The molecular weight excluding hydrogens is 332 g/mol. The van der Waals surface area contributed by atoms with Crippen molar-refractivity contribution in [3.63, 3.8) is 0 Å². The average molecular weight is 360 g/mol. The van der Waals surface area contributed by atoms with E-state index in [1.165, 1.54) is 5.56 Å². The first kappa shape index (κ1) is 17.6. The molecule has 0 aromatic heterocycles. The first-order valence-electron chi connectivity index (χ1n) is 9.66. The largest absolute Gasteiger partial charge is 0.454 e. The maximum Gasteiger partial charge on any atom is 0.231 e. The third-order valence-electron chi connectivity index (χ3n) is 5.60. The number of likely N-dealkylation sites (tertiary alicyclic amines) is 1. The number of carbonyl (C=O) groups is 1. The summed E-state index contributed by atoms with van der Waals surface area (Å²) in [6, 6.07) is 6.19. The van der Waals surface area contributed by atoms with Gasteiger partial charge in [-0.25, -0.2) is 0 Å². The summed E-state index contributed by atoms with van der Waals surface area (Å²) in [6.07, 6.45) is 4.75. The molecule has 0 radical (unpaired) electrons. The fraction of sp³-hybridized carbons (Fsp3) is 0.650. The zero-order valence-electron chi connectivity index (χ0n) is 15.5. The van der Waals surface area contributed by atoms with E-state index >= 15 is 0 Å². The normalized spacial score (nSPS) is 25.7. The molecule has 0 saturated carbocycles. The van der Waals surface area contributed by atoms with E-state index < -0.39 is 0 Å². The Balaban J connectivity index is 1.34. The molecule has 142 valence electrons. The van der Waals surface area contributed by atoms with Crippen LogP contribution in [-0.4, -0.2) is 55.4 Å². The minimum absolute atomic E-state index is 0.103. The number of hydroxylamine groups is 2. The number of ether oxygens (including phenoxy) is 2. The molecule has 1 amide bonds. The van der Waals surface area contributed by atoms with Crippen LogP contribution in [0.25, 0.3) is 0 Å². The van der Waals surface area contributed by atoms with E-state index in [0.29, 0.717) is 19.8 Å². The summed E-state index contributed by atoms with van der Waals surface area (Å²) in [6.45, 7) is 6.71. The molecule has 0 spiro atoms. The van der Waals surface area contributed by atoms with Crippen LogP contribution in [0.4, 0.5) is 0 Å². The van der Waals surface area contributed by atoms with Crippen molar-refractivity contribution in [1.29, 1.82) is 0 Å². The van der Waals surface area contributed by atoms with Crippen molar-refractivity contribution in [1.82, 2.24) is 9.96 Å². The lowest BCUT2D eigenvalue weighted by Crippen LogP contribution is -2.46. The summed E-state index contributed by atoms with van der Waals surface area (Å²) < 4.78 is 10.9. The van der Waals surface area contributed by atoms with E-state index in [0.717, 1.165) is 63.4 Å². The Morgan fingerprint density at radius 3 is 2.92 bits per heavy atom. The highest BCUT2D eigenvalue weighted by molar-refractivity contribution is 5.76. The summed E-state index contributed by atoms with van der Waals surface area (Å²) in [5.41, 5.74) is 1.35. The van der Waals surface area contributed by atoms with Crippen molar-refractivity contribution < 1.29 is 19.1 Å². The SMILES string of the molecule is CC1(Cc2ccc3c(c2)OCO3)CCCN(C(=O)CCN2CCCO2)C1. The number of hydrogen-bond donors (Lipinski definition) is 0. The third kappa shape index (κ3) is 3.96. The maximum absolute atomic E-state index is 12.7. The molecule has 2 fully saturated rings. The highest BCUT2D eigenvalue weighted by atomic mass is 16.7. The molecule has 26 heavy (non-hydrogen) atoms. The Labute approximate surface area is 154 Å². The van der Waals surface area contributed by atoms with Crippen LogP contribution in [0.1, 0.15) is 38.2 Å². The monoisotopic (exact) mass is 360 g/mol. The Hall–Kier alpha value is -1.79. The quantitative estimate of drug-likeness (QED) is 0.808. The molecule has 4 rings (SSSR count). The first-order chi connectivity index (χ1) is 12.6. The summed E-state index contributed by atoms with van der Waals surface area (Å²) >= 11 is 0. The van der Waals surface area contributed by atoms with Crippen LogP contribution in [-0.2, 0) is 16.1 Å². The molecule has 3 aliphatic rings. The lowest BCUT2D eigenvalue weighted by molar-refractivity contribution is -0.141. The molecule has 0 aliphatic carbocycles. The smallest absolute Gasteiger partial charge is 0.231 e. The van der Waals surface area contributed by atoms with Crippen LogP contribution in [0.5, 0.6) is 11.5 Å². The van der Waals surface area contributed by atoms with Gasteiger partial charge in [0.15, 0.2) is 11.5 Å². The highest BCUT2D eigenvalue weighted by Crippen LogP contribution is 2.37. The van der Waals surface area contributed by atoms with Gasteiger partial charge in [0.2, 0.25) is 12.7 Å². The predicted octanol–water partition coefficient (Wildman–Crippen LogP) is 2.61. The fourth-order valence-electron chi connectivity index (χ4n) is 4.27. The van der Waals surface area contributed by atoms with Gasteiger partial charge >= 0.3 is 0 Å². The van der Waals surface area contributed by atoms with E-state index in [1.54, 1.807) is 0 Å². The summed E-state index contributed by atoms with van der Waals surface area (Å²) in [7, 11) is 0. The highest BCUT2D eigenvalue weighted by Gasteiger charge is 2.33. The van der Waals surface area contributed by atoms with Gasteiger partial charge in [-0.05, 0) is 48.8 Å². The van der Waals surface area contributed by atoms with Gasteiger partial charge in [-0.15, -0.1) is 0 Å². The van der Waals surface area contributed by atoms with Crippen LogP contribution in [0.15, 0.2) is 18.2 Å². The van der Waals surface area contributed by atoms with Gasteiger partial charge < -0.3 is 14.4 Å². The summed E-state index contributed by atoms with van der Waals surface area (Å²) in [4.78, 5) is 20.2. The topological polar surface area (TPSA) is 51.2 Å². The number of nitrogens with zero attached hydrogens (tertiary/aromatic N) is 2. The second-order valence-electron chi connectivity index (χ2n) is 7.96. The predicted molar refractivity (Wildman–Crippen MR) is 96.9 cm³/mol. The van der Waals surface area contributed by atoms with Crippen LogP contribution in [0.2, 0.25) is 0 Å². The van der Waals surface area contributed by atoms with E-state index in [1.807, 2.05) is 16.0 Å². The van der Waals surface area contributed by atoms with Crippen molar-refractivity contribution in [3.05, 3.63) is 23.8 Å². The van der Waals surface area contributed by atoms with E-state index in [9.17, 15) is 4.79 Å².